The van der Waals surface area contributed by atoms with Gasteiger partial charge in [-0.15, -0.1) is 16.8 Å². The van der Waals surface area contributed by atoms with Crippen LogP contribution in [0.4, 0.5) is 24.8 Å². The molecule has 3 rings (SSSR count). The van der Waals surface area contributed by atoms with E-state index in [1.807, 2.05) is 4.90 Å². The molecule has 0 unspecified atom stereocenters. The second kappa shape index (κ2) is 8.76. The number of amides is 1. The normalized spacial score (nSPS) is 14.9. The van der Waals surface area contributed by atoms with Gasteiger partial charge in [0.25, 0.3) is 0 Å². The fourth-order valence-electron chi connectivity index (χ4n) is 3.02. The van der Waals surface area contributed by atoms with E-state index in [1.54, 1.807) is 21.6 Å². The molecule has 29 heavy (non-hydrogen) atoms. The van der Waals surface area contributed by atoms with E-state index in [4.69, 9.17) is 5.73 Å². The van der Waals surface area contributed by atoms with Crippen molar-refractivity contribution in [3.05, 3.63) is 42.5 Å². The maximum absolute atomic E-state index is 12.9. The third-order valence-corrected chi connectivity index (χ3v) is 5.50. The summed E-state index contributed by atoms with van der Waals surface area (Å²) >= 11 is 1.24. The highest BCUT2D eigenvalue weighted by atomic mass is 32.2. The van der Waals surface area contributed by atoms with E-state index in [9.17, 15) is 18.0 Å². The third-order valence-electron chi connectivity index (χ3n) is 4.55. The van der Waals surface area contributed by atoms with Gasteiger partial charge in [0, 0.05) is 38.4 Å². The lowest BCUT2D eigenvalue weighted by atomic mass is 10.1. The zero-order valence-electron chi connectivity index (χ0n) is 15.6. The number of halogens is 3. The quantitative estimate of drug-likeness (QED) is 0.565. The Kier molecular flexibility index (Phi) is 6.36. The average molecular weight is 426 g/mol. The Balaban J connectivity index is 1.54. The van der Waals surface area contributed by atoms with Crippen molar-refractivity contribution in [2.75, 3.05) is 42.6 Å². The van der Waals surface area contributed by atoms with Crippen LogP contribution in [0.15, 0.2) is 42.1 Å². The third kappa shape index (κ3) is 5.03. The number of nitrogens with zero attached hydrogens (tertiary/aromatic N) is 5. The SMILES string of the molecule is C=CCn1c(N)nnc1SCC(=O)N1CCN(c2cccc(C(F)(F)F)c2)CC1. The van der Waals surface area contributed by atoms with E-state index in [0.29, 0.717) is 43.6 Å². The molecule has 1 aromatic carbocycles. The first kappa shape index (κ1) is 21.0. The predicted molar refractivity (Wildman–Crippen MR) is 106 cm³/mol. The number of rotatable bonds is 6. The van der Waals surface area contributed by atoms with Crippen molar-refractivity contribution in [1.29, 1.82) is 0 Å². The molecule has 7 nitrogen and oxygen atoms in total. The van der Waals surface area contributed by atoms with Crippen LogP contribution in [0.3, 0.4) is 0 Å². The maximum Gasteiger partial charge on any atom is 0.416 e. The van der Waals surface area contributed by atoms with Gasteiger partial charge >= 0.3 is 6.18 Å². The first-order chi connectivity index (χ1) is 13.8. The number of allylic oxidation sites excluding steroid dienone is 1. The summed E-state index contributed by atoms with van der Waals surface area (Å²) in [4.78, 5) is 16.1. The lowest BCUT2D eigenvalue weighted by Gasteiger charge is -2.36. The first-order valence-corrected chi connectivity index (χ1v) is 9.90. The molecule has 1 aliphatic heterocycles. The minimum absolute atomic E-state index is 0.0644. The minimum Gasteiger partial charge on any atom is -0.368 e. The van der Waals surface area contributed by atoms with Crippen LogP contribution >= 0.6 is 11.8 Å². The molecule has 1 saturated heterocycles. The fourth-order valence-corrected chi connectivity index (χ4v) is 3.88. The summed E-state index contributed by atoms with van der Waals surface area (Å²) in [7, 11) is 0. The Hall–Kier alpha value is -2.69. The standard InChI is InChI=1S/C18H21F3N6OS/c1-2-6-27-16(22)23-24-17(27)29-12-15(28)26-9-7-25(8-10-26)14-5-3-4-13(11-14)18(19,20)21/h2-5,11H,1,6-10,12H2,(H2,22,23). The molecule has 156 valence electrons. The highest BCUT2D eigenvalue weighted by Gasteiger charge is 2.31. The fraction of sp³-hybridized carbons (Fsp3) is 0.389. The summed E-state index contributed by atoms with van der Waals surface area (Å²) in [5.74, 6) is 0.374. The summed E-state index contributed by atoms with van der Waals surface area (Å²) in [5, 5.41) is 8.31. The molecule has 11 heteroatoms. The number of alkyl halides is 3. The van der Waals surface area contributed by atoms with Gasteiger partial charge in [-0.3, -0.25) is 9.36 Å². The van der Waals surface area contributed by atoms with Crippen LogP contribution < -0.4 is 10.6 Å². The zero-order valence-corrected chi connectivity index (χ0v) is 16.4. The van der Waals surface area contributed by atoms with Gasteiger partial charge < -0.3 is 15.5 Å². The molecule has 1 aromatic heterocycles. The second-order valence-electron chi connectivity index (χ2n) is 6.44. The summed E-state index contributed by atoms with van der Waals surface area (Å²) in [5.41, 5.74) is 5.58. The number of carbonyl (C=O) groups is 1. The van der Waals surface area contributed by atoms with Crippen LogP contribution in [-0.2, 0) is 17.5 Å². The Bertz CT molecular complexity index is 877. The van der Waals surface area contributed by atoms with Crippen LogP contribution in [0, 0.1) is 0 Å². The van der Waals surface area contributed by atoms with Crippen LogP contribution in [0.1, 0.15) is 5.56 Å². The topological polar surface area (TPSA) is 80.3 Å². The smallest absolute Gasteiger partial charge is 0.368 e. The number of carbonyl (C=O) groups excluding carboxylic acids is 1. The van der Waals surface area contributed by atoms with Gasteiger partial charge in [-0.05, 0) is 18.2 Å². The molecule has 1 aliphatic rings. The number of hydrogen-bond acceptors (Lipinski definition) is 6. The molecule has 0 saturated carbocycles. The van der Waals surface area contributed by atoms with Crippen molar-refractivity contribution in [3.8, 4) is 0 Å². The monoisotopic (exact) mass is 426 g/mol. The summed E-state index contributed by atoms with van der Waals surface area (Å²) in [6.45, 7) is 5.93. The lowest BCUT2D eigenvalue weighted by molar-refractivity contribution is -0.137. The van der Waals surface area contributed by atoms with Crippen LogP contribution in [0.2, 0.25) is 0 Å². The second-order valence-corrected chi connectivity index (χ2v) is 7.39. The zero-order chi connectivity index (χ0) is 21.0. The molecule has 0 spiro atoms. The Morgan fingerprint density at radius 3 is 2.62 bits per heavy atom. The molecule has 1 fully saturated rings. The van der Waals surface area contributed by atoms with E-state index in [0.717, 1.165) is 12.1 Å². The Labute approximate surface area is 170 Å². The van der Waals surface area contributed by atoms with Gasteiger partial charge in [0.05, 0.1) is 11.3 Å². The number of hydrogen-bond donors (Lipinski definition) is 1. The van der Waals surface area contributed by atoms with E-state index in [2.05, 4.69) is 16.8 Å². The molecular weight excluding hydrogens is 405 g/mol. The van der Waals surface area contributed by atoms with Gasteiger partial charge in [-0.1, -0.05) is 23.9 Å². The van der Waals surface area contributed by atoms with Crippen molar-refractivity contribution in [1.82, 2.24) is 19.7 Å². The highest BCUT2D eigenvalue weighted by Crippen LogP contribution is 2.32. The van der Waals surface area contributed by atoms with Crippen LogP contribution in [-0.4, -0.2) is 57.5 Å². The van der Waals surface area contributed by atoms with Crippen molar-refractivity contribution in [3.63, 3.8) is 0 Å². The number of aromatic nitrogens is 3. The van der Waals surface area contributed by atoms with Gasteiger partial charge in [0.2, 0.25) is 11.9 Å². The Morgan fingerprint density at radius 1 is 1.24 bits per heavy atom. The van der Waals surface area contributed by atoms with Crippen LogP contribution in [0.25, 0.3) is 0 Å². The molecule has 0 radical (unpaired) electrons. The van der Waals surface area contributed by atoms with Gasteiger partial charge in [-0.2, -0.15) is 13.2 Å². The lowest BCUT2D eigenvalue weighted by Crippen LogP contribution is -2.49. The van der Waals surface area contributed by atoms with E-state index >= 15 is 0 Å². The number of thioether (sulfide) groups is 1. The minimum atomic E-state index is -4.37. The molecule has 1 amide bonds. The number of benzene rings is 1. The van der Waals surface area contributed by atoms with E-state index in [1.165, 1.54) is 17.8 Å². The van der Waals surface area contributed by atoms with Gasteiger partial charge in [-0.25, -0.2) is 0 Å². The molecule has 0 bridgehead atoms. The average Bonchev–Trinajstić information content (AvgIpc) is 3.06. The van der Waals surface area contributed by atoms with E-state index in [-0.39, 0.29) is 17.6 Å². The largest absolute Gasteiger partial charge is 0.416 e. The Morgan fingerprint density at radius 2 is 1.97 bits per heavy atom. The van der Waals surface area contributed by atoms with Crippen LogP contribution in [0.5, 0.6) is 0 Å². The van der Waals surface area contributed by atoms with Crippen molar-refractivity contribution in [2.45, 2.75) is 17.9 Å². The predicted octanol–water partition coefficient (Wildman–Crippen LogP) is 2.51. The summed E-state index contributed by atoms with van der Waals surface area (Å²) < 4.78 is 40.4. The number of nitrogens with two attached hydrogens (primary N) is 1. The summed E-state index contributed by atoms with van der Waals surface area (Å²) in [6.07, 6.45) is -2.71. The van der Waals surface area contributed by atoms with Crippen molar-refractivity contribution < 1.29 is 18.0 Å². The molecule has 2 aromatic rings. The summed E-state index contributed by atoms with van der Waals surface area (Å²) in [6, 6.07) is 5.25. The molecule has 2 heterocycles. The molecule has 0 aliphatic carbocycles. The number of nitrogen functional groups attached to an aromatic ring is 1. The molecule has 2 N–H and O–H groups in total. The number of piperazine rings is 1. The van der Waals surface area contributed by atoms with Gasteiger partial charge in [0.1, 0.15) is 0 Å². The first-order valence-electron chi connectivity index (χ1n) is 8.92. The van der Waals surface area contributed by atoms with Crippen molar-refractivity contribution in [2.24, 2.45) is 0 Å². The molecule has 0 atom stereocenters. The highest BCUT2D eigenvalue weighted by molar-refractivity contribution is 7.99. The van der Waals surface area contributed by atoms with E-state index < -0.39 is 11.7 Å². The van der Waals surface area contributed by atoms with Crippen molar-refractivity contribution >= 4 is 29.3 Å². The van der Waals surface area contributed by atoms with Gasteiger partial charge in [0.15, 0.2) is 5.16 Å². The maximum atomic E-state index is 12.9. The molecular formula is C18H21F3N6OS. The number of anilines is 2.